The number of nitrogens with zero attached hydrogens (tertiary/aromatic N) is 1. The molecule has 0 saturated carbocycles. The number of halogens is 1. The van der Waals surface area contributed by atoms with E-state index in [0.717, 1.165) is 17.5 Å². The van der Waals surface area contributed by atoms with E-state index in [1.807, 2.05) is 30.2 Å². The van der Waals surface area contributed by atoms with Crippen molar-refractivity contribution >= 4 is 11.9 Å². The first-order valence-electron chi connectivity index (χ1n) is 8.01. The van der Waals surface area contributed by atoms with Crippen LogP contribution in [0.4, 0.5) is 4.39 Å². The zero-order chi connectivity index (χ0) is 18.0. The van der Waals surface area contributed by atoms with Crippen molar-refractivity contribution in [1.29, 1.82) is 0 Å². The summed E-state index contributed by atoms with van der Waals surface area (Å²) in [5.74, 6) is 0.799. The molecule has 0 saturated heterocycles. The Labute approximate surface area is 146 Å². The molecule has 2 aromatic carbocycles. The van der Waals surface area contributed by atoms with Gasteiger partial charge in [0.05, 0.1) is 19.9 Å². The van der Waals surface area contributed by atoms with Crippen molar-refractivity contribution in [2.45, 2.75) is 6.42 Å². The highest BCUT2D eigenvalue weighted by atomic mass is 19.1. The van der Waals surface area contributed by atoms with Crippen LogP contribution < -0.4 is 9.47 Å². The standard InChI is InChI=1S/C20H20FNO3/c1-22-9-8-14-11-18(24-2)19(25-3)12-15(14)10-17(22)20(23)13-4-6-16(21)7-5-13/h4-7,10-12H,8-9H2,1-3H3. The maximum atomic E-state index is 13.1. The molecule has 130 valence electrons. The lowest BCUT2D eigenvalue weighted by atomic mass is 10.0. The van der Waals surface area contributed by atoms with Gasteiger partial charge in [0.2, 0.25) is 5.78 Å². The number of carbonyl (C=O) groups is 1. The SMILES string of the molecule is COc1cc2c(cc1OC)CCN(C)C(C(=O)c1ccc(F)cc1)=C2. The van der Waals surface area contributed by atoms with Crippen LogP contribution in [0.3, 0.4) is 0 Å². The zero-order valence-electron chi connectivity index (χ0n) is 14.5. The summed E-state index contributed by atoms with van der Waals surface area (Å²) in [7, 11) is 5.07. The fourth-order valence-electron chi connectivity index (χ4n) is 2.94. The van der Waals surface area contributed by atoms with E-state index in [9.17, 15) is 9.18 Å². The second kappa shape index (κ2) is 6.97. The Balaban J connectivity index is 2.05. The van der Waals surface area contributed by atoms with Crippen LogP contribution in [0.2, 0.25) is 0 Å². The number of benzene rings is 2. The summed E-state index contributed by atoms with van der Waals surface area (Å²) in [5, 5.41) is 0. The molecule has 1 aliphatic heterocycles. The molecule has 0 N–H and O–H groups in total. The maximum Gasteiger partial charge on any atom is 0.209 e. The van der Waals surface area contributed by atoms with Gasteiger partial charge in [0, 0.05) is 19.2 Å². The topological polar surface area (TPSA) is 38.8 Å². The third kappa shape index (κ3) is 3.36. The third-order valence-corrected chi connectivity index (χ3v) is 4.40. The lowest BCUT2D eigenvalue weighted by molar-refractivity contribution is 0.100. The van der Waals surface area contributed by atoms with Crippen LogP contribution in [0, 0.1) is 5.82 Å². The van der Waals surface area contributed by atoms with E-state index in [1.165, 1.54) is 24.3 Å². The first-order valence-corrected chi connectivity index (χ1v) is 8.01. The van der Waals surface area contributed by atoms with Gasteiger partial charge < -0.3 is 14.4 Å². The molecule has 0 amide bonds. The molecule has 0 aromatic heterocycles. The van der Waals surface area contributed by atoms with Gasteiger partial charge in [0.15, 0.2) is 11.5 Å². The van der Waals surface area contributed by atoms with Crippen molar-refractivity contribution in [1.82, 2.24) is 4.90 Å². The molecular weight excluding hydrogens is 321 g/mol. The van der Waals surface area contributed by atoms with Gasteiger partial charge in [-0.1, -0.05) is 0 Å². The van der Waals surface area contributed by atoms with Crippen LogP contribution in [-0.4, -0.2) is 38.5 Å². The number of likely N-dealkylation sites (N-methyl/N-ethyl adjacent to an activating group) is 1. The van der Waals surface area contributed by atoms with Gasteiger partial charge in [-0.3, -0.25) is 4.79 Å². The monoisotopic (exact) mass is 341 g/mol. The van der Waals surface area contributed by atoms with Crippen molar-refractivity contribution in [3.8, 4) is 11.5 Å². The molecule has 4 nitrogen and oxygen atoms in total. The Hall–Kier alpha value is -2.82. The minimum atomic E-state index is -0.359. The molecule has 0 aliphatic carbocycles. The van der Waals surface area contributed by atoms with Gasteiger partial charge in [-0.25, -0.2) is 4.39 Å². The number of hydrogen-bond acceptors (Lipinski definition) is 4. The first-order chi connectivity index (χ1) is 12.0. The summed E-state index contributed by atoms with van der Waals surface area (Å²) in [5.41, 5.74) is 3.04. The Morgan fingerprint density at radius 3 is 2.36 bits per heavy atom. The lowest BCUT2D eigenvalue weighted by Crippen LogP contribution is -2.24. The normalized spacial score (nSPS) is 13.6. The van der Waals surface area contributed by atoms with E-state index in [1.54, 1.807) is 14.2 Å². The fourth-order valence-corrected chi connectivity index (χ4v) is 2.94. The van der Waals surface area contributed by atoms with Crippen LogP contribution in [0.1, 0.15) is 21.5 Å². The quantitative estimate of drug-likeness (QED) is 0.797. The highest BCUT2D eigenvalue weighted by Gasteiger charge is 2.21. The largest absolute Gasteiger partial charge is 0.493 e. The number of allylic oxidation sites excluding steroid dienone is 1. The Bertz CT molecular complexity index is 828. The second-order valence-electron chi connectivity index (χ2n) is 5.94. The summed E-state index contributed by atoms with van der Waals surface area (Å²) in [6, 6.07) is 9.44. The molecular formula is C20H20FNO3. The van der Waals surface area contributed by atoms with E-state index in [-0.39, 0.29) is 11.6 Å². The average Bonchev–Trinajstić information content (AvgIpc) is 2.79. The van der Waals surface area contributed by atoms with Gasteiger partial charge in [0.1, 0.15) is 5.82 Å². The molecule has 5 heteroatoms. The smallest absolute Gasteiger partial charge is 0.209 e. The number of hydrogen-bond donors (Lipinski definition) is 0. The molecule has 3 rings (SSSR count). The molecule has 1 aliphatic rings. The van der Waals surface area contributed by atoms with E-state index in [4.69, 9.17) is 9.47 Å². The number of Topliss-reactive ketones (excluding diaryl/α,β-unsaturated/α-hetero) is 1. The van der Waals surface area contributed by atoms with Gasteiger partial charge >= 0.3 is 0 Å². The third-order valence-electron chi connectivity index (χ3n) is 4.40. The summed E-state index contributed by atoms with van der Waals surface area (Å²) in [6.07, 6.45) is 2.64. The number of methoxy groups -OCH3 is 2. The molecule has 1 heterocycles. The number of ketones is 1. The first kappa shape index (κ1) is 17.0. The van der Waals surface area contributed by atoms with Crippen molar-refractivity contribution in [2.24, 2.45) is 0 Å². The van der Waals surface area contributed by atoms with Crippen LogP contribution in [-0.2, 0) is 6.42 Å². The number of carbonyl (C=O) groups excluding carboxylic acids is 1. The van der Waals surface area contributed by atoms with E-state index in [2.05, 4.69) is 0 Å². The molecule has 0 fully saturated rings. The van der Waals surface area contributed by atoms with Crippen LogP contribution in [0.15, 0.2) is 42.1 Å². The van der Waals surface area contributed by atoms with Crippen molar-refractivity contribution < 1.29 is 18.7 Å². The van der Waals surface area contributed by atoms with Gasteiger partial charge in [-0.15, -0.1) is 0 Å². The second-order valence-corrected chi connectivity index (χ2v) is 5.94. The van der Waals surface area contributed by atoms with Crippen LogP contribution >= 0.6 is 0 Å². The molecule has 0 bridgehead atoms. The summed E-state index contributed by atoms with van der Waals surface area (Å²) >= 11 is 0. The fraction of sp³-hybridized carbons (Fsp3) is 0.250. The molecule has 0 atom stereocenters. The highest BCUT2D eigenvalue weighted by molar-refractivity contribution is 6.11. The summed E-state index contributed by atoms with van der Waals surface area (Å²) in [4.78, 5) is 14.8. The lowest BCUT2D eigenvalue weighted by Gasteiger charge is -2.19. The van der Waals surface area contributed by atoms with Gasteiger partial charge in [-0.2, -0.15) is 0 Å². The Kier molecular flexibility index (Phi) is 4.74. The molecule has 0 spiro atoms. The molecule has 0 unspecified atom stereocenters. The predicted molar refractivity (Wildman–Crippen MR) is 94.6 cm³/mol. The number of fused-ring (bicyclic) bond motifs is 1. The number of rotatable bonds is 4. The number of ether oxygens (including phenoxy) is 2. The minimum Gasteiger partial charge on any atom is -0.493 e. The maximum absolute atomic E-state index is 13.1. The summed E-state index contributed by atoms with van der Waals surface area (Å²) < 4.78 is 23.9. The minimum absolute atomic E-state index is 0.134. The van der Waals surface area contributed by atoms with Gasteiger partial charge in [0.25, 0.3) is 0 Å². The van der Waals surface area contributed by atoms with E-state index in [0.29, 0.717) is 29.3 Å². The Morgan fingerprint density at radius 2 is 1.72 bits per heavy atom. The van der Waals surface area contributed by atoms with Crippen LogP contribution in [0.5, 0.6) is 11.5 Å². The predicted octanol–water partition coefficient (Wildman–Crippen LogP) is 3.55. The molecule has 25 heavy (non-hydrogen) atoms. The van der Waals surface area contributed by atoms with Gasteiger partial charge in [-0.05, 0) is 60.0 Å². The van der Waals surface area contributed by atoms with E-state index >= 15 is 0 Å². The molecule has 2 aromatic rings. The van der Waals surface area contributed by atoms with Crippen molar-refractivity contribution in [2.75, 3.05) is 27.8 Å². The molecule has 0 radical (unpaired) electrons. The highest BCUT2D eigenvalue weighted by Crippen LogP contribution is 2.33. The van der Waals surface area contributed by atoms with E-state index < -0.39 is 0 Å². The Morgan fingerprint density at radius 1 is 1.08 bits per heavy atom. The van der Waals surface area contributed by atoms with Crippen molar-refractivity contribution in [3.63, 3.8) is 0 Å². The average molecular weight is 341 g/mol. The van der Waals surface area contributed by atoms with Crippen molar-refractivity contribution in [3.05, 3.63) is 64.6 Å². The van der Waals surface area contributed by atoms with Crippen LogP contribution in [0.25, 0.3) is 6.08 Å². The summed E-state index contributed by atoms with van der Waals surface area (Å²) in [6.45, 7) is 0.696. The zero-order valence-corrected chi connectivity index (χ0v) is 14.5.